The van der Waals surface area contributed by atoms with Crippen LogP contribution in [-0.4, -0.2) is 79.6 Å². The van der Waals surface area contributed by atoms with Gasteiger partial charge >= 0.3 is 5.97 Å². The highest BCUT2D eigenvalue weighted by Gasteiger charge is 2.46. The lowest BCUT2D eigenvalue weighted by Crippen LogP contribution is -2.60. The summed E-state index contributed by atoms with van der Waals surface area (Å²) < 4.78 is 46.0. The van der Waals surface area contributed by atoms with Crippen molar-refractivity contribution in [3.05, 3.63) is 77.4 Å². The van der Waals surface area contributed by atoms with E-state index in [1.54, 1.807) is 24.3 Å². The van der Waals surface area contributed by atoms with Crippen LogP contribution in [0.5, 0.6) is 28.7 Å². The predicted molar refractivity (Wildman–Crippen MR) is 161 cm³/mol. The zero-order valence-electron chi connectivity index (χ0n) is 25.0. The summed E-state index contributed by atoms with van der Waals surface area (Å²) in [6.07, 6.45) is -7.18. The molecule has 0 unspecified atom stereocenters. The fraction of sp³-hybridized carbons (Fsp3) is 0.324. The number of hydrogen-bond acceptors (Lipinski definition) is 12. The predicted octanol–water partition coefficient (Wildman–Crippen LogP) is 3.33. The number of cyclic esters (lactones) is 1. The standard InChI is InChI=1S/C34H32O12/c1-39-23-11-19-20(12-24(23)40-2)32(21-14-42-33(38)28(21)27(19)18-8-9-22-25(10-18)44-16-43-22)46-34-31(37)30(36)29(35)26(45-34)15-41-13-17-6-4-3-5-7-17/h3-12,26,29-31,34-37H,13-16H2,1-2H3/t26-,29-,30+,31-,34+/m1/s1. The number of aliphatic hydroxyl groups excluding tert-OH is 3. The normalized spacial score (nSPS) is 23.2. The quantitative estimate of drug-likeness (QED) is 0.232. The van der Waals surface area contributed by atoms with Gasteiger partial charge in [0.15, 0.2) is 23.0 Å². The van der Waals surface area contributed by atoms with Crippen molar-refractivity contribution < 1.29 is 58.0 Å². The number of ether oxygens (including phenoxy) is 8. The summed E-state index contributed by atoms with van der Waals surface area (Å²) in [5.41, 5.74) is 2.78. The van der Waals surface area contributed by atoms with Crippen molar-refractivity contribution in [3.63, 3.8) is 0 Å². The zero-order valence-corrected chi connectivity index (χ0v) is 25.0. The number of carbonyl (C=O) groups is 1. The van der Waals surface area contributed by atoms with Gasteiger partial charge in [0.05, 0.1) is 33.0 Å². The molecule has 12 nitrogen and oxygen atoms in total. The molecule has 0 amide bonds. The average Bonchev–Trinajstić information content (AvgIpc) is 3.71. The van der Waals surface area contributed by atoms with Crippen molar-refractivity contribution in [2.45, 2.75) is 43.9 Å². The van der Waals surface area contributed by atoms with E-state index in [1.807, 2.05) is 36.4 Å². The van der Waals surface area contributed by atoms with Crippen molar-refractivity contribution in [2.75, 3.05) is 27.6 Å². The lowest BCUT2D eigenvalue weighted by Gasteiger charge is -2.40. The molecule has 0 spiro atoms. The molecule has 0 bridgehead atoms. The summed E-state index contributed by atoms with van der Waals surface area (Å²) >= 11 is 0. The fourth-order valence-corrected chi connectivity index (χ4v) is 6.03. The number of benzene rings is 4. The van der Waals surface area contributed by atoms with Gasteiger partial charge in [-0.3, -0.25) is 0 Å². The second-order valence-electron chi connectivity index (χ2n) is 11.1. The molecular formula is C34H32O12. The van der Waals surface area contributed by atoms with Crippen molar-refractivity contribution >= 4 is 16.7 Å². The van der Waals surface area contributed by atoms with E-state index in [9.17, 15) is 20.1 Å². The number of methoxy groups -OCH3 is 2. The van der Waals surface area contributed by atoms with E-state index in [0.717, 1.165) is 5.56 Å². The van der Waals surface area contributed by atoms with Crippen LogP contribution in [0.15, 0.2) is 60.7 Å². The molecule has 12 heteroatoms. The zero-order chi connectivity index (χ0) is 31.9. The van der Waals surface area contributed by atoms with E-state index in [1.165, 1.54) is 14.2 Å². The molecule has 0 saturated carbocycles. The van der Waals surface area contributed by atoms with Crippen LogP contribution >= 0.6 is 0 Å². The van der Waals surface area contributed by atoms with Crippen LogP contribution in [0.4, 0.5) is 0 Å². The van der Waals surface area contributed by atoms with Crippen molar-refractivity contribution in [1.29, 1.82) is 0 Å². The Hall–Kier alpha value is -4.59. The second-order valence-corrected chi connectivity index (χ2v) is 11.1. The fourth-order valence-electron chi connectivity index (χ4n) is 6.03. The molecular weight excluding hydrogens is 600 g/mol. The van der Waals surface area contributed by atoms with Crippen molar-refractivity contribution in [3.8, 4) is 39.9 Å². The molecule has 0 aromatic heterocycles. The Labute approximate surface area is 263 Å². The number of esters is 1. The van der Waals surface area contributed by atoms with Gasteiger partial charge in [-0.1, -0.05) is 36.4 Å². The van der Waals surface area contributed by atoms with E-state index in [0.29, 0.717) is 50.5 Å². The third-order valence-corrected chi connectivity index (χ3v) is 8.37. The molecule has 4 aromatic carbocycles. The Morgan fingerprint density at radius 2 is 1.54 bits per heavy atom. The lowest BCUT2D eigenvalue weighted by atomic mass is 9.89. The van der Waals surface area contributed by atoms with Gasteiger partial charge in [0.2, 0.25) is 13.1 Å². The van der Waals surface area contributed by atoms with E-state index in [-0.39, 0.29) is 37.9 Å². The van der Waals surface area contributed by atoms with Gasteiger partial charge in [0.25, 0.3) is 0 Å². The first-order valence-electron chi connectivity index (χ1n) is 14.7. The van der Waals surface area contributed by atoms with Crippen LogP contribution in [-0.2, 0) is 27.4 Å². The molecule has 1 saturated heterocycles. The molecule has 0 aliphatic carbocycles. The summed E-state index contributed by atoms with van der Waals surface area (Å²) in [6, 6.07) is 18.2. The minimum atomic E-state index is -1.64. The second kappa shape index (κ2) is 12.3. The first-order valence-corrected chi connectivity index (χ1v) is 14.7. The van der Waals surface area contributed by atoms with Crippen LogP contribution < -0.4 is 23.7 Å². The Morgan fingerprint density at radius 3 is 2.30 bits per heavy atom. The largest absolute Gasteiger partial charge is 0.493 e. The van der Waals surface area contributed by atoms with Crippen molar-refractivity contribution in [2.24, 2.45) is 0 Å². The minimum Gasteiger partial charge on any atom is -0.493 e. The van der Waals surface area contributed by atoms with E-state index in [2.05, 4.69) is 0 Å². The van der Waals surface area contributed by atoms with Gasteiger partial charge in [-0.15, -0.1) is 0 Å². The summed E-state index contributed by atoms with van der Waals surface area (Å²) in [5, 5.41) is 33.6. The van der Waals surface area contributed by atoms with Gasteiger partial charge in [-0.25, -0.2) is 4.79 Å². The lowest BCUT2D eigenvalue weighted by molar-refractivity contribution is -0.280. The molecule has 1 fully saturated rings. The first-order chi connectivity index (χ1) is 22.4. The van der Waals surface area contributed by atoms with Gasteiger partial charge in [-0.05, 0) is 40.8 Å². The molecule has 5 atom stereocenters. The first kappa shape index (κ1) is 30.1. The van der Waals surface area contributed by atoms with Gasteiger partial charge in [0, 0.05) is 16.5 Å². The highest BCUT2D eigenvalue weighted by molar-refractivity contribution is 6.14. The highest BCUT2D eigenvalue weighted by Crippen LogP contribution is 2.49. The average molecular weight is 633 g/mol. The number of hydrogen-bond donors (Lipinski definition) is 3. The summed E-state index contributed by atoms with van der Waals surface area (Å²) in [7, 11) is 3.00. The van der Waals surface area contributed by atoms with E-state index in [4.69, 9.17) is 37.9 Å². The maximum atomic E-state index is 13.3. The smallest absolute Gasteiger partial charge is 0.339 e. The van der Waals surface area contributed by atoms with Crippen LogP contribution in [0, 0.1) is 0 Å². The van der Waals surface area contributed by atoms with Gasteiger partial charge in [-0.2, -0.15) is 0 Å². The monoisotopic (exact) mass is 632 g/mol. The Kier molecular flexibility index (Phi) is 8.05. The van der Waals surface area contributed by atoms with Gasteiger partial charge < -0.3 is 53.2 Å². The number of rotatable bonds is 9. The molecule has 3 aliphatic heterocycles. The summed E-state index contributed by atoms with van der Waals surface area (Å²) in [4.78, 5) is 13.3. The molecule has 240 valence electrons. The third kappa shape index (κ3) is 5.23. The van der Waals surface area contributed by atoms with Crippen LogP contribution in [0.3, 0.4) is 0 Å². The van der Waals surface area contributed by atoms with Crippen LogP contribution in [0.2, 0.25) is 0 Å². The summed E-state index contributed by atoms with van der Waals surface area (Å²) in [6.45, 7) is 0.120. The van der Waals surface area contributed by atoms with Gasteiger partial charge in [0.1, 0.15) is 36.8 Å². The summed E-state index contributed by atoms with van der Waals surface area (Å²) in [5.74, 6) is 1.50. The van der Waals surface area contributed by atoms with Crippen LogP contribution in [0.25, 0.3) is 21.9 Å². The molecule has 7 rings (SSSR count). The van der Waals surface area contributed by atoms with Crippen molar-refractivity contribution in [1.82, 2.24) is 0 Å². The molecule has 3 N–H and O–H groups in total. The molecule has 4 aromatic rings. The molecule has 3 aliphatic rings. The maximum Gasteiger partial charge on any atom is 0.339 e. The van der Waals surface area contributed by atoms with Crippen LogP contribution in [0.1, 0.15) is 21.5 Å². The number of aliphatic hydroxyl groups is 3. The molecule has 46 heavy (non-hydrogen) atoms. The van der Waals surface area contributed by atoms with E-state index >= 15 is 0 Å². The Balaban J connectivity index is 1.30. The third-order valence-electron chi connectivity index (χ3n) is 8.37. The topological polar surface area (TPSA) is 152 Å². The maximum absolute atomic E-state index is 13.3. The number of fused-ring (bicyclic) bond motifs is 3. The Bertz CT molecular complexity index is 1770. The molecule has 0 radical (unpaired) electrons. The number of carbonyl (C=O) groups excluding carboxylic acids is 1. The molecule has 3 heterocycles. The van der Waals surface area contributed by atoms with E-state index < -0.39 is 36.7 Å². The Morgan fingerprint density at radius 1 is 0.804 bits per heavy atom. The SMILES string of the molecule is COc1cc2c(O[C@@H]3O[C@H](COCc4ccccc4)[C@@H](O)[C@H](O)[C@H]3O)c3c(c(-c4ccc5c(c4)OCO5)c2cc1OC)C(=O)OC3. The highest BCUT2D eigenvalue weighted by atomic mass is 16.7. The minimum absolute atomic E-state index is 0.0834.